The largest absolute Gasteiger partial charge is 0.376 e. The summed E-state index contributed by atoms with van der Waals surface area (Å²) < 4.78 is 7.21. The summed E-state index contributed by atoms with van der Waals surface area (Å²) in [4.78, 5) is 30.6. The van der Waals surface area contributed by atoms with Crippen LogP contribution < -0.4 is 10.9 Å². The molecule has 162 valence electrons. The Morgan fingerprint density at radius 1 is 1.23 bits per heavy atom. The van der Waals surface area contributed by atoms with Gasteiger partial charge in [0.1, 0.15) is 0 Å². The van der Waals surface area contributed by atoms with Crippen molar-refractivity contribution >= 4 is 28.6 Å². The van der Waals surface area contributed by atoms with Gasteiger partial charge < -0.3 is 10.1 Å². The van der Waals surface area contributed by atoms with E-state index in [1.165, 1.54) is 11.8 Å². The summed E-state index contributed by atoms with van der Waals surface area (Å²) in [5.41, 5.74) is 2.38. The van der Waals surface area contributed by atoms with Gasteiger partial charge in [-0.15, -0.1) is 0 Å². The molecule has 1 aliphatic heterocycles. The number of amides is 1. The van der Waals surface area contributed by atoms with E-state index in [4.69, 9.17) is 9.72 Å². The van der Waals surface area contributed by atoms with E-state index in [1.54, 1.807) is 10.6 Å². The van der Waals surface area contributed by atoms with E-state index in [0.717, 1.165) is 30.7 Å². The van der Waals surface area contributed by atoms with Gasteiger partial charge in [0.25, 0.3) is 5.56 Å². The van der Waals surface area contributed by atoms with Crippen LogP contribution in [0.4, 0.5) is 0 Å². The Balaban J connectivity index is 1.66. The fourth-order valence-corrected chi connectivity index (χ4v) is 4.65. The SMILES string of the molecule is CC(C)c1ccccc1-n1c(SCC(=O)NCC2CCCO2)nc2ccccc2c1=O. The summed E-state index contributed by atoms with van der Waals surface area (Å²) in [5.74, 6) is 0.329. The monoisotopic (exact) mass is 437 g/mol. The lowest BCUT2D eigenvalue weighted by molar-refractivity contribution is -0.119. The van der Waals surface area contributed by atoms with Crippen LogP contribution in [0.2, 0.25) is 0 Å². The second-order valence-corrected chi connectivity index (χ2v) is 8.94. The van der Waals surface area contributed by atoms with Crippen LogP contribution >= 0.6 is 11.8 Å². The van der Waals surface area contributed by atoms with E-state index >= 15 is 0 Å². The maximum Gasteiger partial charge on any atom is 0.266 e. The summed E-state index contributed by atoms with van der Waals surface area (Å²) in [6.45, 7) is 5.48. The fraction of sp³-hybridized carbons (Fsp3) is 0.375. The zero-order chi connectivity index (χ0) is 21.8. The van der Waals surface area contributed by atoms with Crippen LogP contribution in [0, 0.1) is 0 Å². The average molecular weight is 438 g/mol. The number of rotatable bonds is 7. The van der Waals surface area contributed by atoms with Crippen molar-refractivity contribution in [3.05, 3.63) is 64.4 Å². The first-order valence-electron chi connectivity index (χ1n) is 10.7. The van der Waals surface area contributed by atoms with Gasteiger partial charge in [-0.1, -0.05) is 55.9 Å². The summed E-state index contributed by atoms with van der Waals surface area (Å²) in [5, 5.41) is 4.02. The number of ether oxygens (including phenoxy) is 1. The summed E-state index contributed by atoms with van der Waals surface area (Å²) >= 11 is 1.28. The van der Waals surface area contributed by atoms with Crippen LogP contribution in [0.3, 0.4) is 0 Å². The highest BCUT2D eigenvalue weighted by molar-refractivity contribution is 7.99. The van der Waals surface area contributed by atoms with Gasteiger partial charge in [0.15, 0.2) is 5.16 Å². The number of benzene rings is 2. The molecule has 0 saturated carbocycles. The normalized spacial score (nSPS) is 16.2. The third-order valence-corrected chi connectivity index (χ3v) is 6.37. The van der Waals surface area contributed by atoms with E-state index in [1.807, 2.05) is 42.5 Å². The average Bonchev–Trinajstić information content (AvgIpc) is 3.30. The molecule has 2 aromatic carbocycles. The van der Waals surface area contributed by atoms with E-state index in [9.17, 15) is 9.59 Å². The first kappa shape index (κ1) is 21.6. The van der Waals surface area contributed by atoms with Crippen LogP contribution in [-0.4, -0.2) is 40.5 Å². The molecule has 1 aliphatic rings. The molecule has 0 radical (unpaired) electrons. The predicted octanol–water partition coefficient (Wildman–Crippen LogP) is 3.90. The lowest BCUT2D eigenvalue weighted by atomic mass is 10.0. The second-order valence-electron chi connectivity index (χ2n) is 7.99. The molecule has 0 bridgehead atoms. The molecule has 6 nitrogen and oxygen atoms in total. The number of nitrogens with zero attached hydrogens (tertiary/aromatic N) is 2. The highest BCUT2D eigenvalue weighted by Crippen LogP contribution is 2.27. The highest BCUT2D eigenvalue weighted by atomic mass is 32.2. The van der Waals surface area contributed by atoms with Gasteiger partial charge >= 0.3 is 0 Å². The van der Waals surface area contributed by atoms with Crippen molar-refractivity contribution in [2.45, 2.75) is 43.9 Å². The Labute approximate surface area is 186 Å². The van der Waals surface area contributed by atoms with Crippen LogP contribution in [0.1, 0.15) is 38.2 Å². The van der Waals surface area contributed by atoms with Crippen LogP contribution in [0.25, 0.3) is 16.6 Å². The lowest BCUT2D eigenvalue weighted by Gasteiger charge is -2.18. The van der Waals surface area contributed by atoms with Gasteiger partial charge in [-0.3, -0.25) is 14.2 Å². The maximum atomic E-state index is 13.5. The van der Waals surface area contributed by atoms with E-state index < -0.39 is 0 Å². The maximum absolute atomic E-state index is 13.5. The molecule has 1 aromatic heterocycles. The smallest absolute Gasteiger partial charge is 0.266 e. The zero-order valence-corrected chi connectivity index (χ0v) is 18.7. The number of fused-ring (bicyclic) bond motifs is 1. The van der Waals surface area contributed by atoms with Gasteiger partial charge in [0.2, 0.25) is 5.91 Å². The van der Waals surface area contributed by atoms with Gasteiger partial charge in [-0.25, -0.2) is 4.98 Å². The molecule has 1 fully saturated rings. The molecule has 2 heterocycles. The summed E-state index contributed by atoms with van der Waals surface area (Å²) in [6, 6.07) is 15.2. The van der Waals surface area contributed by atoms with Crippen molar-refractivity contribution in [3.63, 3.8) is 0 Å². The zero-order valence-electron chi connectivity index (χ0n) is 17.8. The second kappa shape index (κ2) is 9.66. The van der Waals surface area contributed by atoms with E-state index in [2.05, 4.69) is 19.2 Å². The summed E-state index contributed by atoms with van der Waals surface area (Å²) in [7, 11) is 0. The number of thioether (sulfide) groups is 1. The molecule has 1 saturated heterocycles. The molecule has 1 unspecified atom stereocenters. The number of carbonyl (C=O) groups is 1. The van der Waals surface area contributed by atoms with Crippen molar-refractivity contribution in [2.75, 3.05) is 18.9 Å². The minimum absolute atomic E-state index is 0.0911. The minimum Gasteiger partial charge on any atom is -0.376 e. The molecular formula is C24H27N3O3S. The lowest BCUT2D eigenvalue weighted by Crippen LogP contribution is -2.33. The van der Waals surface area contributed by atoms with Crippen LogP contribution in [-0.2, 0) is 9.53 Å². The molecule has 0 aliphatic carbocycles. The third-order valence-electron chi connectivity index (χ3n) is 5.43. The van der Waals surface area contributed by atoms with Crippen molar-refractivity contribution < 1.29 is 9.53 Å². The van der Waals surface area contributed by atoms with Crippen LogP contribution in [0.15, 0.2) is 58.5 Å². The Morgan fingerprint density at radius 3 is 2.77 bits per heavy atom. The molecular weight excluding hydrogens is 410 g/mol. The quantitative estimate of drug-likeness (QED) is 0.448. The standard InChI is InChI=1S/C24H27N3O3S/c1-16(2)18-9-4-6-12-21(18)27-23(29)19-10-3-5-11-20(19)26-24(27)31-15-22(28)25-14-17-8-7-13-30-17/h3-6,9-12,16-17H,7-8,13-15H2,1-2H3,(H,25,28). The Kier molecular flexibility index (Phi) is 6.73. The first-order chi connectivity index (χ1) is 15.0. The molecule has 1 amide bonds. The predicted molar refractivity (Wildman–Crippen MR) is 124 cm³/mol. The van der Waals surface area contributed by atoms with Gasteiger partial charge in [-0.2, -0.15) is 0 Å². The Morgan fingerprint density at radius 2 is 2.00 bits per heavy atom. The topological polar surface area (TPSA) is 73.2 Å². The minimum atomic E-state index is -0.124. The molecule has 31 heavy (non-hydrogen) atoms. The molecule has 0 spiro atoms. The molecule has 1 atom stereocenters. The van der Waals surface area contributed by atoms with Crippen LogP contribution in [0.5, 0.6) is 0 Å². The Hall–Kier alpha value is -2.64. The number of para-hydroxylation sites is 2. The number of carbonyl (C=O) groups excluding carboxylic acids is 1. The van der Waals surface area contributed by atoms with Crippen molar-refractivity contribution in [2.24, 2.45) is 0 Å². The number of hydrogen-bond acceptors (Lipinski definition) is 5. The van der Waals surface area contributed by atoms with Crippen molar-refractivity contribution in [3.8, 4) is 5.69 Å². The van der Waals surface area contributed by atoms with E-state index in [0.29, 0.717) is 22.6 Å². The molecule has 4 rings (SSSR count). The number of aromatic nitrogens is 2. The number of hydrogen-bond donors (Lipinski definition) is 1. The van der Waals surface area contributed by atoms with Gasteiger partial charge in [0.05, 0.1) is 28.4 Å². The fourth-order valence-electron chi connectivity index (χ4n) is 3.82. The molecule has 3 aromatic rings. The summed E-state index contributed by atoms with van der Waals surface area (Å²) in [6.07, 6.45) is 2.12. The number of nitrogens with one attached hydrogen (secondary N) is 1. The van der Waals surface area contributed by atoms with E-state index in [-0.39, 0.29) is 29.2 Å². The van der Waals surface area contributed by atoms with Gasteiger partial charge in [0, 0.05) is 13.2 Å². The highest BCUT2D eigenvalue weighted by Gasteiger charge is 2.19. The van der Waals surface area contributed by atoms with Crippen molar-refractivity contribution in [1.29, 1.82) is 0 Å². The molecule has 1 N–H and O–H groups in total. The molecule has 7 heteroatoms. The van der Waals surface area contributed by atoms with Gasteiger partial charge in [-0.05, 0) is 42.5 Å². The van der Waals surface area contributed by atoms with Crippen molar-refractivity contribution in [1.82, 2.24) is 14.9 Å². The third kappa shape index (κ3) is 4.83. The Bertz CT molecular complexity index is 1140. The first-order valence-corrected chi connectivity index (χ1v) is 11.7.